The number of allylic oxidation sites excluding steroid dienone is 1. The fourth-order valence-corrected chi connectivity index (χ4v) is 2.65. The highest BCUT2D eigenvalue weighted by Crippen LogP contribution is 2.23. The molecule has 2 rings (SSSR count). The third-order valence-corrected chi connectivity index (χ3v) is 3.68. The number of hydrogen-bond acceptors (Lipinski definition) is 4. The number of hydrogen-bond donors (Lipinski definition) is 0. The molecule has 5 nitrogen and oxygen atoms in total. The van der Waals surface area contributed by atoms with E-state index in [-0.39, 0.29) is 6.09 Å². The summed E-state index contributed by atoms with van der Waals surface area (Å²) in [5.41, 5.74) is 0.453. The van der Waals surface area contributed by atoms with Crippen LogP contribution in [0.2, 0.25) is 0 Å². The number of carbonyl (C=O) groups is 1. The van der Waals surface area contributed by atoms with Crippen molar-refractivity contribution >= 4 is 6.09 Å². The van der Waals surface area contributed by atoms with Crippen LogP contribution in [-0.4, -0.2) is 53.7 Å². The molecule has 1 fully saturated rings. The lowest BCUT2D eigenvalue weighted by Crippen LogP contribution is -2.52. The van der Waals surface area contributed by atoms with E-state index in [4.69, 9.17) is 10.00 Å². The van der Waals surface area contributed by atoms with Crippen LogP contribution in [0.1, 0.15) is 33.6 Å². The highest BCUT2D eigenvalue weighted by atomic mass is 16.6. The minimum atomic E-state index is -0.440. The van der Waals surface area contributed by atoms with Crippen LogP contribution in [0.3, 0.4) is 0 Å². The summed E-state index contributed by atoms with van der Waals surface area (Å²) in [6, 6.07) is 2.60. The molecule has 0 aromatic carbocycles. The fourth-order valence-electron chi connectivity index (χ4n) is 2.65. The fraction of sp³-hybridized carbons (Fsp3) is 0.733. The largest absolute Gasteiger partial charge is 0.444 e. The van der Waals surface area contributed by atoms with E-state index in [1.54, 1.807) is 4.90 Å². The second kappa shape index (κ2) is 5.84. The molecule has 0 spiro atoms. The van der Waals surface area contributed by atoms with Gasteiger partial charge < -0.3 is 9.64 Å². The lowest BCUT2D eigenvalue weighted by molar-refractivity contribution is 0.0123. The highest BCUT2D eigenvalue weighted by molar-refractivity contribution is 5.68. The first kappa shape index (κ1) is 14.9. The van der Waals surface area contributed by atoms with Gasteiger partial charge in [-0.2, -0.15) is 5.26 Å². The summed E-state index contributed by atoms with van der Waals surface area (Å²) in [5.74, 6) is 0. The number of nitrogens with zero attached hydrogens (tertiary/aromatic N) is 3. The zero-order valence-electron chi connectivity index (χ0n) is 12.6. The normalized spacial score (nSPS) is 24.2. The molecule has 1 amide bonds. The van der Waals surface area contributed by atoms with Crippen molar-refractivity contribution < 1.29 is 9.53 Å². The van der Waals surface area contributed by atoms with Gasteiger partial charge in [0.1, 0.15) is 5.60 Å². The van der Waals surface area contributed by atoms with E-state index in [9.17, 15) is 4.79 Å². The van der Waals surface area contributed by atoms with E-state index in [1.165, 1.54) is 0 Å². The molecule has 1 aliphatic carbocycles. The first-order valence-electron chi connectivity index (χ1n) is 7.22. The number of ether oxygens (including phenoxy) is 1. The van der Waals surface area contributed by atoms with Crippen molar-refractivity contribution in [2.75, 3.05) is 26.2 Å². The van der Waals surface area contributed by atoms with Crippen LogP contribution in [-0.2, 0) is 4.74 Å². The minimum absolute atomic E-state index is 0.225. The maximum atomic E-state index is 12.0. The molecule has 20 heavy (non-hydrogen) atoms. The SMILES string of the molecule is CC(C)(C)OC(=O)N1CCN([C@@H]2C=C(C#N)CC2)CC1. The highest BCUT2D eigenvalue weighted by Gasteiger charge is 2.29. The second-order valence-electron chi connectivity index (χ2n) is 6.41. The molecule has 0 saturated carbocycles. The molecule has 0 aromatic heterocycles. The Morgan fingerprint density at radius 3 is 2.50 bits per heavy atom. The predicted molar refractivity (Wildman–Crippen MR) is 76.1 cm³/mol. The van der Waals surface area contributed by atoms with Crippen LogP contribution >= 0.6 is 0 Å². The molecule has 5 heteroatoms. The van der Waals surface area contributed by atoms with Gasteiger partial charge in [0.25, 0.3) is 0 Å². The Labute approximate surface area is 120 Å². The van der Waals surface area contributed by atoms with Crippen molar-refractivity contribution in [1.29, 1.82) is 5.26 Å². The molecule has 0 aromatic rings. The third-order valence-electron chi connectivity index (χ3n) is 3.68. The van der Waals surface area contributed by atoms with Crippen molar-refractivity contribution in [2.24, 2.45) is 0 Å². The van der Waals surface area contributed by atoms with E-state index in [0.29, 0.717) is 19.1 Å². The first-order chi connectivity index (χ1) is 9.39. The van der Waals surface area contributed by atoms with E-state index in [1.807, 2.05) is 20.8 Å². The molecule has 0 unspecified atom stereocenters. The number of piperazine rings is 1. The average molecular weight is 277 g/mol. The standard InChI is InChI=1S/C15H23N3O2/c1-15(2,3)20-14(19)18-8-6-17(7-9-18)13-5-4-12(10-13)11-16/h10,13H,4-9H2,1-3H3/t13-/m0/s1. The van der Waals surface area contributed by atoms with Gasteiger partial charge in [0.15, 0.2) is 0 Å². The van der Waals surface area contributed by atoms with Gasteiger partial charge in [0.2, 0.25) is 0 Å². The van der Waals surface area contributed by atoms with Crippen molar-refractivity contribution in [3.63, 3.8) is 0 Å². The number of rotatable bonds is 1. The quantitative estimate of drug-likeness (QED) is 0.737. The van der Waals surface area contributed by atoms with Crippen LogP contribution in [0.5, 0.6) is 0 Å². The molecule has 0 radical (unpaired) electrons. The van der Waals surface area contributed by atoms with Gasteiger partial charge in [0, 0.05) is 37.8 Å². The molecule has 1 saturated heterocycles. The van der Waals surface area contributed by atoms with Gasteiger partial charge in [-0.3, -0.25) is 4.90 Å². The summed E-state index contributed by atoms with van der Waals surface area (Å²) in [6.07, 6.45) is 3.75. The molecular weight excluding hydrogens is 254 g/mol. The van der Waals surface area contributed by atoms with Gasteiger partial charge in [-0.05, 0) is 33.6 Å². The summed E-state index contributed by atoms with van der Waals surface area (Å²) in [7, 11) is 0. The summed E-state index contributed by atoms with van der Waals surface area (Å²) < 4.78 is 5.39. The topological polar surface area (TPSA) is 56.6 Å². The molecule has 1 atom stereocenters. The number of nitriles is 1. The monoisotopic (exact) mass is 277 g/mol. The molecule has 2 aliphatic rings. The summed E-state index contributed by atoms with van der Waals surface area (Å²) in [6.45, 7) is 8.73. The first-order valence-corrected chi connectivity index (χ1v) is 7.22. The third kappa shape index (κ3) is 3.73. The van der Waals surface area contributed by atoms with Crippen molar-refractivity contribution in [3.8, 4) is 6.07 Å². The molecule has 110 valence electrons. The van der Waals surface area contributed by atoms with Crippen LogP contribution < -0.4 is 0 Å². The maximum Gasteiger partial charge on any atom is 0.410 e. The van der Waals surface area contributed by atoms with E-state index in [0.717, 1.165) is 31.5 Å². The van der Waals surface area contributed by atoms with Gasteiger partial charge in [-0.25, -0.2) is 4.79 Å². The zero-order valence-corrected chi connectivity index (χ0v) is 12.6. The van der Waals surface area contributed by atoms with Crippen LogP contribution in [0, 0.1) is 11.3 Å². The second-order valence-corrected chi connectivity index (χ2v) is 6.41. The van der Waals surface area contributed by atoms with Crippen molar-refractivity contribution in [1.82, 2.24) is 9.80 Å². The van der Waals surface area contributed by atoms with Gasteiger partial charge in [0.05, 0.1) is 6.07 Å². The average Bonchev–Trinajstić information content (AvgIpc) is 2.85. The van der Waals surface area contributed by atoms with Crippen LogP contribution in [0.25, 0.3) is 0 Å². The van der Waals surface area contributed by atoms with Crippen LogP contribution in [0.15, 0.2) is 11.6 Å². The summed E-state index contributed by atoms with van der Waals surface area (Å²) in [5, 5.41) is 8.90. The number of carbonyl (C=O) groups excluding carboxylic acids is 1. The molecule has 1 heterocycles. The van der Waals surface area contributed by atoms with Crippen LogP contribution in [0.4, 0.5) is 4.79 Å². The molecule has 1 aliphatic heterocycles. The lowest BCUT2D eigenvalue weighted by atomic mass is 10.2. The summed E-state index contributed by atoms with van der Waals surface area (Å²) in [4.78, 5) is 16.1. The van der Waals surface area contributed by atoms with Crippen molar-refractivity contribution in [3.05, 3.63) is 11.6 Å². The molecule has 0 bridgehead atoms. The van der Waals surface area contributed by atoms with E-state index >= 15 is 0 Å². The van der Waals surface area contributed by atoms with E-state index in [2.05, 4.69) is 17.0 Å². The lowest BCUT2D eigenvalue weighted by Gasteiger charge is -2.37. The van der Waals surface area contributed by atoms with Gasteiger partial charge in [-0.1, -0.05) is 6.08 Å². The van der Waals surface area contributed by atoms with Crippen molar-refractivity contribution in [2.45, 2.75) is 45.3 Å². The maximum absolute atomic E-state index is 12.0. The predicted octanol–water partition coefficient (Wildman–Crippen LogP) is 2.15. The minimum Gasteiger partial charge on any atom is -0.444 e. The Kier molecular flexibility index (Phi) is 4.34. The van der Waals surface area contributed by atoms with Gasteiger partial charge >= 0.3 is 6.09 Å². The zero-order chi connectivity index (χ0) is 14.8. The summed E-state index contributed by atoms with van der Waals surface area (Å²) >= 11 is 0. The Bertz CT molecular complexity index is 437. The van der Waals surface area contributed by atoms with Gasteiger partial charge in [-0.15, -0.1) is 0 Å². The Morgan fingerprint density at radius 2 is 2.00 bits per heavy atom. The molecular formula is C15H23N3O2. The smallest absolute Gasteiger partial charge is 0.410 e. The van der Waals surface area contributed by atoms with E-state index < -0.39 is 5.60 Å². The number of amides is 1. The Hall–Kier alpha value is -1.54. The Balaban J connectivity index is 1.83. The molecule has 0 N–H and O–H groups in total. The Morgan fingerprint density at radius 1 is 1.35 bits per heavy atom.